The Kier molecular flexibility index (Phi) is 2.84. The molecule has 15 heavy (non-hydrogen) atoms. The zero-order valence-electron chi connectivity index (χ0n) is 8.81. The van der Waals surface area contributed by atoms with Crippen molar-refractivity contribution >= 4 is 15.9 Å². The Labute approximate surface area is 97.5 Å². The van der Waals surface area contributed by atoms with Gasteiger partial charge < -0.3 is 0 Å². The lowest BCUT2D eigenvalue weighted by atomic mass is 10.2. The van der Waals surface area contributed by atoms with E-state index in [1.54, 1.807) is 0 Å². The Hall–Kier alpha value is -0.810. The smallest absolute Gasteiger partial charge is 0.200 e. The van der Waals surface area contributed by atoms with Crippen LogP contribution in [0.2, 0.25) is 0 Å². The highest BCUT2D eigenvalue weighted by molar-refractivity contribution is 9.10. The fraction of sp³-hybridized carbons (Fsp3) is 0.500. The molecule has 0 atom stereocenters. The Bertz CT molecular complexity index is 385. The van der Waals surface area contributed by atoms with Crippen molar-refractivity contribution in [2.45, 2.75) is 19.1 Å². The van der Waals surface area contributed by atoms with Crippen LogP contribution in [0.5, 0.6) is 0 Å². The molecule has 0 bridgehead atoms. The molecule has 0 radical (unpaired) electrons. The Morgan fingerprint density at radius 2 is 2.13 bits per heavy atom. The van der Waals surface area contributed by atoms with E-state index in [4.69, 9.17) is 0 Å². The molecule has 0 saturated carbocycles. The van der Waals surface area contributed by atoms with E-state index in [-0.39, 0.29) is 5.66 Å². The van der Waals surface area contributed by atoms with E-state index in [0.717, 1.165) is 23.4 Å². The van der Waals surface area contributed by atoms with Gasteiger partial charge in [-0.1, -0.05) is 6.07 Å². The fourth-order valence-electron chi connectivity index (χ4n) is 1.53. The molecule has 0 unspecified atom stereocenters. The van der Waals surface area contributed by atoms with Gasteiger partial charge in [0.05, 0.1) is 5.69 Å². The first-order chi connectivity index (χ1) is 7.07. The lowest BCUT2D eigenvalue weighted by Gasteiger charge is -2.17. The lowest BCUT2D eigenvalue weighted by Crippen LogP contribution is -2.29. The van der Waals surface area contributed by atoms with Crippen LogP contribution in [0.4, 0.5) is 0 Å². The van der Waals surface area contributed by atoms with Gasteiger partial charge in [0.1, 0.15) is 4.60 Å². The molecular formula is C10H13BrN4. The van der Waals surface area contributed by atoms with Crippen LogP contribution < -0.4 is 0 Å². The van der Waals surface area contributed by atoms with E-state index in [0.29, 0.717) is 0 Å². The van der Waals surface area contributed by atoms with Crippen molar-refractivity contribution in [2.75, 3.05) is 13.6 Å². The maximum atomic E-state index is 4.38. The van der Waals surface area contributed by atoms with Gasteiger partial charge in [0.2, 0.25) is 5.66 Å². The van der Waals surface area contributed by atoms with Crippen molar-refractivity contribution in [2.24, 2.45) is 10.2 Å². The van der Waals surface area contributed by atoms with Crippen molar-refractivity contribution in [3.8, 4) is 0 Å². The predicted octanol–water partition coefficient (Wildman–Crippen LogP) is 2.46. The molecule has 2 heterocycles. The molecule has 4 nitrogen and oxygen atoms in total. The summed E-state index contributed by atoms with van der Waals surface area (Å²) < 4.78 is 0.875. The predicted molar refractivity (Wildman–Crippen MR) is 61.5 cm³/mol. The van der Waals surface area contributed by atoms with E-state index >= 15 is 0 Å². The molecule has 5 heteroatoms. The largest absolute Gasteiger partial charge is 0.296 e. The number of hydrogen-bond donors (Lipinski definition) is 0. The summed E-state index contributed by atoms with van der Waals surface area (Å²) in [7, 11) is 2.05. The van der Waals surface area contributed by atoms with Gasteiger partial charge in [0.15, 0.2) is 0 Å². The number of likely N-dealkylation sites (N-methyl/N-ethyl adjacent to an activating group) is 1. The number of pyridine rings is 1. The van der Waals surface area contributed by atoms with E-state index in [9.17, 15) is 0 Å². The van der Waals surface area contributed by atoms with Gasteiger partial charge in [-0.25, -0.2) is 4.98 Å². The molecule has 0 saturated heterocycles. The van der Waals surface area contributed by atoms with Crippen LogP contribution in [0.25, 0.3) is 0 Å². The summed E-state index contributed by atoms with van der Waals surface area (Å²) in [4.78, 5) is 6.55. The molecule has 1 aromatic heterocycles. The first-order valence-corrected chi connectivity index (χ1v) is 5.61. The molecular weight excluding hydrogens is 256 g/mol. The molecule has 1 aliphatic rings. The Balaban J connectivity index is 1.90. The van der Waals surface area contributed by atoms with Crippen molar-refractivity contribution in [3.63, 3.8) is 0 Å². The number of hydrogen-bond acceptors (Lipinski definition) is 4. The van der Waals surface area contributed by atoms with Crippen LogP contribution in [0, 0.1) is 0 Å². The first kappa shape index (κ1) is 10.7. The average Bonchev–Trinajstić information content (AvgIpc) is 2.82. The van der Waals surface area contributed by atoms with Crippen molar-refractivity contribution in [3.05, 3.63) is 28.5 Å². The van der Waals surface area contributed by atoms with E-state index < -0.39 is 0 Å². The van der Waals surface area contributed by atoms with Gasteiger partial charge in [-0.15, -0.1) is 0 Å². The molecule has 2 rings (SSSR count). The van der Waals surface area contributed by atoms with Gasteiger partial charge in [-0.3, -0.25) is 4.90 Å². The van der Waals surface area contributed by atoms with Gasteiger partial charge in [0, 0.05) is 13.1 Å². The van der Waals surface area contributed by atoms with Crippen LogP contribution in [0.1, 0.15) is 12.6 Å². The van der Waals surface area contributed by atoms with Gasteiger partial charge in [-0.05, 0) is 42.0 Å². The Morgan fingerprint density at radius 1 is 1.40 bits per heavy atom. The zero-order valence-corrected chi connectivity index (χ0v) is 10.4. The van der Waals surface area contributed by atoms with Gasteiger partial charge in [0.25, 0.3) is 0 Å². The highest BCUT2D eigenvalue weighted by Crippen LogP contribution is 2.27. The number of halogens is 1. The quantitative estimate of drug-likeness (QED) is 0.788. The maximum Gasteiger partial charge on any atom is 0.200 e. The number of aromatic nitrogens is 1. The Morgan fingerprint density at radius 3 is 2.73 bits per heavy atom. The van der Waals surface area contributed by atoms with Crippen molar-refractivity contribution in [1.29, 1.82) is 0 Å². The molecule has 80 valence electrons. The second-order valence-electron chi connectivity index (χ2n) is 4.04. The third-order valence-electron chi connectivity index (χ3n) is 2.22. The molecule has 0 fully saturated rings. The lowest BCUT2D eigenvalue weighted by molar-refractivity contribution is 0.290. The monoisotopic (exact) mass is 268 g/mol. The second-order valence-corrected chi connectivity index (χ2v) is 4.85. The van der Waals surface area contributed by atoms with E-state index in [1.807, 2.05) is 25.1 Å². The second kappa shape index (κ2) is 3.98. The molecule has 0 aromatic carbocycles. The van der Waals surface area contributed by atoms with Crippen LogP contribution in [0.3, 0.4) is 0 Å². The summed E-state index contributed by atoms with van der Waals surface area (Å²) in [6, 6.07) is 5.94. The topological polar surface area (TPSA) is 40.9 Å². The van der Waals surface area contributed by atoms with Crippen LogP contribution in [-0.4, -0.2) is 29.1 Å². The SMILES string of the molecule is CN(Cc1cccc(Br)n1)CC1(C)N=N1. The molecule has 1 aromatic rings. The molecule has 1 aliphatic heterocycles. The molecule has 0 spiro atoms. The third kappa shape index (κ3) is 3.07. The van der Waals surface area contributed by atoms with Crippen LogP contribution >= 0.6 is 15.9 Å². The van der Waals surface area contributed by atoms with Crippen molar-refractivity contribution in [1.82, 2.24) is 9.88 Å². The number of rotatable bonds is 4. The maximum absolute atomic E-state index is 4.38. The van der Waals surface area contributed by atoms with E-state index in [1.165, 1.54) is 0 Å². The minimum Gasteiger partial charge on any atom is -0.296 e. The average molecular weight is 269 g/mol. The zero-order chi connectivity index (χ0) is 10.9. The van der Waals surface area contributed by atoms with Crippen LogP contribution in [0.15, 0.2) is 33.0 Å². The standard InChI is InChI=1S/C10H13BrN4/c1-10(13-14-10)7-15(2)6-8-4-3-5-9(11)12-8/h3-5H,6-7H2,1-2H3. The highest BCUT2D eigenvalue weighted by Gasteiger charge is 2.34. The van der Waals surface area contributed by atoms with Crippen molar-refractivity contribution < 1.29 is 0 Å². The molecule has 0 N–H and O–H groups in total. The minimum absolute atomic E-state index is 0.166. The van der Waals surface area contributed by atoms with Gasteiger partial charge >= 0.3 is 0 Å². The third-order valence-corrected chi connectivity index (χ3v) is 2.66. The van der Waals surface area contributed by atoms with E-state index in [2.05, 4.69) is 43.1 Å². The fourth-order valence-corrected chi connectivity index (χ4v) is 1.91. The summed E-state index contributed by atoms with van der Waals surface area (Å²) >= 11 is 3.36. The number of nitrogens with zero attached hydrogens (tertiary/aromatic N) is 4. The summed E-state index contributed by atoms with van der Waals surface area (Å²) in [6.07, 6.45) is 0. The first-order valence-electron chi connectivity index (χ1n) is 4.81. The molecule has 0 amide bonds. The summed E-state index contributed by atoms with van der Waals surface area (Å²) in [5.74, 6) is 0. The minimum atomic E-state index is -0.166. The molecule has 0 aliphatic carbocycles. The summed E-state index contributed by atoms with van der Waals surface area (Å²) in [5.41, 5.74) is 0.886. The highest BCUT2D eigenvalue weighted by atomic mass is 79.9. The summed E-state index contributed by atoms with van der Waals surface area (Å²) in [5, 5.41) is 7.97. The van der Waals surface area contributed by atoms with Crippen LogP contribution in [-0.2, 0) is 6.54 Å². The summed E-state index contributed by atoms with van der Waals surface area (Å²) in [6.45, 7) is 3.69. The van der Waals surface area contributed by atoms with Gasteiger partial charge in [-0.2, -0.15) is 10.2 Å². The normalized spacial score (nSPS) is 17.1.